The van der Waals surface area contributed by atoms with E-state index in [1.165, 1.54) is 6.26 Å². The molecule has 1 aliphatic carbocycles. The van der Waals surface area contributed by atoms with Crippen LogP contribution in [-0.4, -0.2) is 37.9 Å². The van der Waals surface area contributed by atoms with E-state index >= 15 is 0 Å². The van der Waals surface area contributed by atoms with Crippen LogP contribution in [0.4, 0.5) is 0 Å². The van der Waals surface area contributed by atoms with Crippen LogP contribution in [0, 0.1) is 20.8 Å². The van der Waals surface area contributed by atoms with Gasteiger partial charge < -0.3 is 9.94 Å². The molecule has 7 heteroatoms. The summed E-state index contributed by atoms with van der Waals surface area (Å²) in [6, 6.07) is 1.84. The van der Waals surface area contributed by atoms with Gasteiger partial charge in [0.1, 0.15) is 12.4 Å². The van der Waals surface area contributed by atoms with Crippen molar-refractivity contribution in [3.63, 3.8) is 0 Å². The van der Waals surface area contributed by atoms with Crippen LogP contribution in [0.25, 0.3) is 0 Å². The van der Waals surface area contributed by atoms with Crippen LogP contribution in [-0.2, 0) is 19.5 Å². The van der Waals surface area contributed by atoms with E-state index in [0.29, 0.717) is 34.8 Å². The van der Waals surface area contributed by atoms with Crippen LogP contribution in [0.1, 0.15) is 61.3 Å². The maximum Gasteiger partial charge on any atom is 0.176 e. The van der Waals surface area contributed by atoms with Gasteiger partial charge >= 0.3 is 0 Å². The number of sulfone groups is 1. The zero-order valence-electron chi connectivity index (χ0n) is 17.4. The first kappa shape index (κ1) is 22.1. The molecule has 0 aliphatic heterocycles. The van der Waals surface area contributed by atoms with Gasteiger partial charge in [0, 0.05) is 19.1 Å². The molecule has 154 valence electrons. The zero-order valence-corrected chi connectivity index (χ0v) is 18.2. The smallest absolute Gasteiger partial charge is 0.176 e. The first-order valence-corrected chi connectivity index (χ1v) is 11.4. The van der Waals surface area contributed by atoms with Crippen molar-refractivity contribution in [1.82, 2.24) is 0 Å². The predicted molar refractivity (Wildman–Crippen MR) is 110 cm³/mol. The van der Waals surface area contributed by atoms with E-state index in [1.807, 2.05) is 19.9 Å². The molecule has 1 N–H and O–H groups in total. The molecule has 0 radical (unpaired) electrons. The van der Waals surface area contributed by atoms with Crippen LogP contribution in [0.15, 0.2) is 27.4 Å². The van der Waals surface area contributed by atoms with Crippen molar-refractivity contribution in [3.8, 4) is 0 Å². The number of nitrogens with zero attached hydrogens (tertiary/aromatic N) is 1. The molecule has 0 spiro atoms. The van der Waals surface area contributed by atoms with E-state index < -0.39 is 9.84 Å². The average molecular weight is 408 g/mol. The number of hydrogen-bond donors (Lipinski definition) is 1. The minimum absolute atomic E-state index is 0.0122. The Kier molecular flexibility index (Phi) is 6.70. The first-order valence-electron chi connectivity index (χ1n) is 9.48. The molecule has 6 nitrogen and oxygen atoms in total. The Morgan fingerprint density at radius 1 is 1.21 bits per heavy atom. The lowest BCUT2D eigenvalue weighted by Gasteiger charge is -2.28. The lowest BCUT2D eigenvalue weighted by Crippen LogP contribution is -2.25. The van der Waals surface area contributed by atoms with Crippen molar-refractivity contribution >= 4 is 21.3 Å². The van der Waals surface area contributed by atoms with Crippen molar-refractivity contribution in [3.05, 3.63) is 39.7 Å². The van der Waals surface area contributed by atoms with Crippen LogP contribution in [0.5, 0.6) is 0 Å². The molecule has 0 saturated heterocycles. The van der Waals surface area contributed by atoms with Crippen LogP contribution < -0.4 is 0 Å². The third-order valence-electron chi connectivity index (χ3n) is 5.11. The minimum atomic E-state index is -3.40. The number of rotatable bonds is 6. The Morgan fingerprint density at radius 2 is 1.86 bits per heavy atom. The summed E-state index contributed by atoms with van der Waals surface area (Å²) < 4.78 is 24.5. The fourth-order valence-electron chi connectivity index (χ4n) is 4.24. The van der Waals surface area contributed by atoms with Gasteiger partial charge in [0.05, 0.1) is 16.2 Å². The Morgan fingerprint density at radius 3 is 2.36 bits per heavy atom. The summed E-state index contributed by atoms with van der Waals surface area (Å²) in [5.41, 5.74) is 3.78. The van der Waals surface area contributed by atoms with Gasteiger partial charge in [-0.1, -0.05) is 18.1 Å². The molecule has 0 amide bonds. The molecule has 1 atom stereocenters. The van der Waals surface area contributed by atoms with Crippen molar-refractivity contribution in [2.75, 3.05) is 12.9 Å². The lowest BCUT2D eigenvalue weighted by molar-refractivity contribution is -0.116. The van der Waals surface area contributed by atoms with Gasteiger partial charge in [-0.2, -0.15) is 0 Å². The maximum absolute atomic E-state index is 12.9. The number of ketones is 1. The second-order valence-corrected chi connectivity index (χ2v) is 9.26. The van der Waals surface area contributed by atoms with E-state index in [1.54, 1.807) is 20.8 Å². The summed E-state index contributed by atoms with van der Waals surface area (Å²) in [6.45, 7) is 9.50. The quantitative estimate of drug-likeness (QED) is 0.567. The van der Waals surface area contributed by atoms with Gasteiger partial charge in [-0.15, -0.1) is 0 Å². The van der Waals surface area contributed by atoms with E-state index in [2.05, 4.69) is 5.16 Å². The van der Waals surface area contributed by atoms with Crippen LogP contribution >= 0.6 is 0 Å². The average Bonchev–Trinajstić information content (AvgIpc) is 2.55. The summed E-state index contributed by atoms with van der Waals surface area (Å²) in [5, 5.41) is 14.6. The number of oxime groups is 1. The third kappa shape index (κ3) is 4.29. The van der Waals surface area contributed by atoms with Crippen molar-refractivity contribution in [2.24, 2.45) is 5.16 Å². The molecule has 1 aromatic carbocycles. The molecule has 0 saturated carbocycles. The number of carbonyl (C=O) groups is 1. The minimum Gasteiger partial charge on any atom is -0.511 e. The van der Waals surface area contributed by atoms with Gasteiger partial charge in [0.2, 0.25) is 0 Å². The van der Waals surface area contributed by atoms with E-state index in [4.69, 9.17) is 4.84 Å². The lowest BCUT2D eigenvalue weighted by atomic mass is 9.78. The van der Waals surface area contributed by atoms with E-state index in [9.17, 15) is 18.3 Å². The molecule has 28 heavy (non-hydrogen) atoms. The Bertz CT molecular complexity index is 957. The topological polar surface area (TPSA) is 93.0 Å². The fraction of sp³-hybridized carbons (Fsp3) is 0.524. The number of allylic oxidation sites excluding steroid dienone is 2. The van der Waals surface area contributed by atoms with E-state index in [0.717, 1.165) is 11.1 Å². The number of aliphatic hydroxyl groups excluding tert-OH is 1. The summed E-state index contributed by atoms with van der Waals surface area (Å²) in [5.74, 6) is -0.487. The summed E-state index contributed by atoms with van der Waals surface area (Å²) in [6.07, 6.45) is 2.12. The Labute approximate surface area is 167 Å². The number of aliphatic hydroxyl groups is 1. The normalized spacial score (nSPS) is 18.6. The highest BCUT2D eigenvalue weighted by Crippen LogP contribution is 2.40. The van der Waals surface area contributed by atoms with Gasteiger partial charge in [-0.25, -0.2) is 8.42 Å². The molecule has 1 aliphatic rings. The van der Waals surface area contributed by atoms with Crippen molar-refractivity contribution in [2.45, 2.75) is 64.7 Å². The van der Waals surface area contributed by atoms with Gasteiger partial charge in [0.25, 0.3) is 0 Å². The fourth-order valence-corrected chi connectivity index (χ4v) is 5.55. The van der Waals surface area contributed by atoms with Gasteiger partial charge in [0.15, 0.2) is 15.6 Å². The molecule has 0 aromatic heterocycles. The Balaban J connectivity index is 2.55. The molecule has 2 rings (SSSR count). The highest BCUT2D eigenvalue weighted by atomic mass is 32.2. The molecule has 1 unspecified atom stereocenters. The van der Waals surface area contributed by atoms with Crippen LogP contribution in [0.2, 0.25) is 0 Å². The van der Waals surface area contributed by atoms with Gasteiger partial charge in [-0.3, -0.25) is 4.79 Å². The van der Waals surface area contributed by atoms with Crippen molar-refractivity contribution in [1.29, 1.82) is 0 Å². The second-order valence-electron chi connectivity index (χ2n) is 7.31. The monoisotopic (exact) mass is 407 g/mol. The third-order valence-corrected chi connectivity index (χ3v) is 6.48. The standard InChI is InChI=1S/C21H29NO5S/c1-7-16(22-27-8-2)20-17(23)10-15(11-18(20)24)19-12(3)9-13(4)21(14(19)5)28(6,25)26/h9,15,23H,7-8,10-11H2,1-6H3. The van der Waals surface area contributed by atoms with E-state index in [-0.39, 0.29) is 35.9 Å². The number of carbonyl (C=O) groups excluding carboxylic acids is 1. The number of aryl methyl sites for hydroxylation is 2. The maximum atomic E-state index is 12.9. The number of hydrogen-bond acceptors (Lipinski definition) is 6. The number of benzene rings is 1. The summed E-state index contributed by atoms with van der Waals surface area (Å²) >= 11 is 0. The highest BCUT2D eigenvalue weighted by molar-refractivity contribution is 7.90. The van der Waals surface area contributed by atoms with Crippen LogP contribution in [0.3, 0.4) is 0 Å². The largest absolute Gasteiger partial charge is 0.511 e. The summed E-state index contributed by atoms with van der Waals surface area (Å²) in [7, 11) is -3.40. The first-order chi connectivity index (χ1) is 13.0. The molecular formula is C21H29NO5S. The van der Waals surface area contributed by atoms with Crippen molar-refractivity contribution < 1.29 is 23.2 Å². The molecule has 0 bridgehead atoms. The van der Waals surface area contributed by atoms with Gasteiger partial charge in [-0.05, 0) is 62.3 Å². The second kappa shape index (κ2) is 8.47. The number of Topliss-reactive ketones (excluding diaryl/α,β-unsaturated/α-hetero) is 1. The molecular weight excluding hydrogens is 378 g/mol. The molecule has 1 aromatic rings. The summed E-state index contributed by atoms with van der Waals surface area (Å²) in [4.78, 5) is 18.2. The highest BCUT2D eigenvalue weighted by Gasteiger charge is 2.33. The predicted octanol–water partition coefficient (Wildman–Crippen LogP) is 4.08. The molecule has 0 heterocycles. The zero-order chi connectivity index (χ0) is 21.2. The Hall–Kier alpha value is -2.15. The SMILES string of the molecule is CCON=C(CC)C1=C(O)CC(c2c(C)cc(C)c(S(C)(=O)=O)c2C)CC1=O. The molecule has 0 fully saturated rings.